The van der Waals surface area contributed by atoms with Crippen molar-refractivity contribution in [2.45, 2.75) is 162 Å². The Balaban J connectivity index is 1.95. The Hall–Kier alpha value is -0.790. The molecule has 0 atom stereocenters. The van der Waals surface area contributed by atoms with Crippen LogP contribution in [0.1, 0.15) is 149 Å². The molecular weight excluding hydrogens is 364 g/mol. The van der Waals surface area contributed by atoms with Gasteiger partial charge in [0.05, 0.1) is 13.1 Å². The van der Waals surface area contributed by atoms with Crippen LogP contribution in [-0.4, -0.2) is 4.57 Å². The van der Waals surface area contributed by atoms with E-state index in [1.807, 2.05) is 0 Å². The maximum absolute atomic E-state index is 2.52. The van der Waals surface area contributed by atoms with Gasteiger partial charge in [-0.2, -0.15) is 0 Å². The third-order valence-corrected chi connectivity index (χ3v) is 6.69. The first kappa shape index (κ1) is 27.2. The van der Waals surface area contributed by atoms with Crippen LogP contribution < -0.4 is 4.57 Å². The van der Waals surface area contributed by atoms with Gasteiger partial charge in [0.1, 0.15) is 12.4 Å². The number of unbranched alkanes of at least 4 members (excludes halogenated alkanes) is 17. The van der Waals surface area contributed by atoms with Gasteiger partial charge >= 0.3 is 0 Å². The topological polar surface area (TPSA) is 8.81 Å². The first-order valence-corrected chi connectivity index (χ1v) is 13.9. The number of hydrogen-bond acceptors (Lipinski definition) is 0. The number of aryl methyl sites for hydroxylation is 2. The van der Waals surface area contributed by atoms with Crippen LogP contribution in [0.2, 0.25) is 0 Å². The van der Waals surface area contributed by atoms with Crippen LogP contribution in [0.3, 0.4) is 0 Å². The van der Waals surface area contributed by atoms with Gasteiger partial charge in [-0.1, -0.05) is 117 Å². The van der Waals surface area contributed by atoms with Gasteiger partial charge in [0.25, 0.3) is 5.82 Å². The van der Waals surface area contributed by atoms with Crippen molar-refractivity contribution in [3.63, 3.8) is 0 Å². The summed E-state index contributed by atoms with van der Waals surface area (Å²) in [6, 6.07) is 0. The molecule has 1 rings (SSSR count). The van der Waals surface area contributed by atoms with Gasteiger partial charge in [0.2, 0.25) is 0 Å². The molecule has 0 radical (unpaired) electrons. The van der Waals surface area contributed by atoms with Gasteiger partial charge < -0.3 is 0 Å². The molecule has 0 spiro atoms. The normalized spacial score (nSPS) is 11.4. The summed E-state index contributed by atoms with van der Waals surface area (Å²) in [7, 11) is 0. The van der Waals surface area contributed by atoms with Gasteiger partial charge in [-0.3, -0.25) is 0 Å². The molecule has 0 bridgehead atoms. The van der Waals surface area contributed by atoms with Gasteiger partial charge in [-0.05, 0) is 26.2 Å². The first-order chi connectivity index (χ1) is 14.8. The lowest BCUT2D eigenvalue weighted by atomic mass is 10.0. The lowest BCUT2D eigenvalue weighted by Crippen LogP contribution is -2.37. The average Bonchev–Trinajstić information content (AvgIpc) is 3.15. The van der Waals surface area contributed by atoms with E-state index in [2.05, 4.69) is 42.3 Å². The SMILES string of the molecule is CCCCCCCCCCCCCCCCCCc1n(CC)cc[n+]1CCCCC. The number of imidazole rings is 1. The Morgan fingerprint density at radius 1 is 0.567 bits per heavy atom. The number of rotatable bonds is 22. The van der Waals surface area contributed by atoms with Crippen LogP contribution in [0, 0.1) is 0 Å². The summed E-state index contributed by atoms with van der Waals surface area (Å²) in [5, 5.41) is 0. The van der Waals surface area contributed by atoms with Crippen molar-refractivity contribution in [3.05, 3.63) is 18.2 Å². The highest BCUT2D eigenvalue weighted by atomic mass is 15.1. The van der Waals surface area contributed by atoms with Crippen molar-refractivity contribution < 1.29 is 4.57 Å². The molecule has 0 aliphatic heterocycles. The van der Waals surface area contributed by atoms with Crippen LogP contribution in [-0.2, 0) is 19.5 Å². The molecule has 0 aliphatic carbocycles. The molecule has 0 unspecified atom stereocenters. The summed E-state index contributed by atoms with van der Waals surface area (Å²) in [4.78, 5) is 0. The number of nitrogens with zero attached hydrogens (tertiary/aromatic N) is 2. The van der Waals surface area contributed by atoms with Gasteiger partial charge in [-0.15, -0.1) is 0 Å². The lowest BCUT2D eigenvalue weighted by molar-refractivity contribution is -0.704. The summed E-state index contributed by atoms with van der Waals surface area (Å²) in [5.41, 5.74) is 0. The summed E-state index contributed by atoms with van der Waals surface area (Å²) < 4.78 is 4.97. The van der Waals surface area contributed by atoms with Gasteiger partial charge in [0, 0.05) is 6.42 Å². The molecular formula is C28H55N2+. The van der Waals surface area contributed by atoms with E-state index in [9.17, 15) is 0 Å². The van der Waals surface area contributed by atoms with E-state index in [4.69, 9.17) is 0 Å². The minimum Gasteiger partial charge on any atom is -0.235 e. The second-order valence-corrected chi connectivity index (χ2v) is 9.45. The van der Waals surface area contributed by atoms with Gasteiger partial charge in [0.15, 0.2) is 0 Å². The highest BCUT2D eigenvalue weighted by Crippen LogP contribution is 2.14. The second kappa shape index (κ2) is 20.1. The first-order valence-electron chi connectivity index (χ1n) is 13.9. The van der Waals surface area contributed by atoms with Crippen LogP contribution in [0.5, 0.6) is 0 Å². The third-order valence-electron chi connectivity index (χ3n) is 6.69. The maximum atomic E-state index is 2.52. The predicted octanol–water partition coefficient (Wildman–Crippen LogP) is 8.79. The number of hydrogen-bond donors (Lipinski definition) is 0. The molecule has 2 nitrogen and oxygen atoms in total. The zero-order valence-corrected chi connectivity index (χ0v) is 21.1. The largest absolute Gasteiger partial charge is 0.256 e. The minimum atomic E-state index is 1.11. The summed E-state index contributed by atoms with van der Waals surface area (Å²) in [5.74, 6) is 1.55. The summed E-state index contributed by atoms with van der Waals surface area (Å²) in [6.45, 7) is 9.17. The highest BCUT2D eigenvalue weighted by Gasteiger charge is 2.15. The molecule has 0 saturated carbocycles. The summed E-state index contributed by atoms with van der Waals surface area (Å²) in [6.07, 6.45) is 33.0. The predicted molar refractivity (Wildman–Crippen MR) is 133 cm³/mol. The maximum Gasteiger partial charge on any atom is 0.256 e. The molecule has 0 N–H and O–H groups in total. The smallest absolute Gasteiger partial charge is 0.235 e. The van der Waals surface area contributed by atoms with Crippen LogP contribution in [0.4, 0.5) is 0 Å². The van der Waals surface area contributed by atoms with Gasteiger partial charge in [-0.25, -0.2) is 9.13 Å². The highest BCUT2D eigenvalue weighted by molar-refractivity contribution is 4.83. The molecule has 1 aromatic heterocycles. The van der Waals surface area contributed by atoms with E-state index >= 15 is 0 Å². The molecule has 0 fully saturated rings. The third kappa shape index (κ3) is 13.5. The van der Waals surface area contributed by atoms with Crippen molar-refractivity contribution in [2.24, 2.45) is 0 Å². The Morgan fingerprint density at radius 2 is 1.00 bits per heavy atom. The van der Waals surface area contributed by atoms with E-state index < -0.39 is 0 Å². The molecule has 1 aromatic rings. The Kier molecular flexibility index (Phi) is 18.3. The van der Waals surface area contributed by atoms with E-state index in [0.717, 1.165) is 6.54 Å². The van der Waals surface area contributed by atoms with E-state index in [-0.39, 0.29) is 0 Å². The van der Waals surface area contributed by atoms with Crippen LogP contribution in [0.15, 0.2) is 12.4 Å². The molecule has 1 heterocycles. The van der Waals surface area contributed by atoms with Crippen molar-refractivity contribution in [2.75, 3.05) is 0 Å². The second-order valence-electron chi connectivity index (χ2n) is 9.45. The summed E-state index contributed by atoms with van der Waals surface area (Å²) >= 11 is 0. The van der Waals surface area contributed by atoms with Crippen LogP contribution in [0.25, 0.3) is 0 Å². The lowest BCUT2D eigenvalue weighted by Gasteiger charge is -2.05. The fraction of sp³-hybridized carbons (Fsp3) is 0.893. The Morgan fingerprint density at radius 3 is 1.47 bits per heavy atom. The Bertz CT molecular complexity index is 477. The van der Waals surface area contributed by atoms with Crippen molar-refractivity contribution in [1.82, 2.24) is 4.57 Å². The van der Waals surface area contributed by atoms with Crippen LogP contribution >= 0.6 is 0 Å². The van der Waals surface area contributed by atoms with Crippen molar-refractivity contribution in [3.8, 4) is 0 Å². The molecule has 30 heavy (non-hydrogen) atoms. The zero-order chi connectivity index (χ0) is 21.7. The fourth-order valence-corrected chi connectivity index (χ4v) is 4.64. The molecule has 176 valence electrons. The molecule has 0 aliphatic rings. The molecule has 2 heteroatoms. The van der Waals surface area contributed by atoms with E-state index in [1.165, 1.54) is 135 Å². The monoisotopic (exact) mass is 419 g/mol. The zero-order valence-electron chi connectivity index (χ0n) is 21.1. The van der Waals surface area contributed by atoms with Crippen molar-refractivity contribution >= 4 is 0 Å². The van der Waals surface area contributed by atoms with Crippen molar-refractivity contribution in [1.29, 1.82) is 0 Å². The number of aromatic nitrogens is 2. The standard InChI is InChI=1S/C28H55N2/c1-4-7-9-10-11-12-13-14-15-16-17-18-19-20-21-22-24-28-29(6-3)26-27-30(28)25-23-8-5-2/h26-27H,4-25H2,1-3H3/q+1. The Labute approximate surface area is 189 Å². The molecule has 0 amide bonds. The quantitative estimate of drug-likeness (QED) is 0.131. The minimum absolute atomic E-state index is 1.11. The molecule has 0 saturated heterocycles. The fourth-order valence-electron chi connectivity index (χ4n) is 4.64. The molecule has 0 aromatic carbocycles. The van der Waals surface area contributed by atoms with E-state index in [0.29, 0.717) is 0 Å². The van der Waals surface area contributed by atoms with E-state index in [1.54, 1.807) is 5.82 Å². The average molecular weight is 420 g/mol.